The fourth-order valence-electron chi connectivity index (χ4n) is 1.89. The smallest absolute Gasteiger partial charge is 0.00887 e. The van der Waals surface area contributed by atoms with Gasteiger partial charge in [0.15, 0.2) is 0 Å². The van der Waals surface area contributed by atoms with E-state index in [0.29, 0.717) is 5.92 Å². The molecule has 2 N–H and O–H groups in total. The molecule has 1 rings (SSSR count). The molecule has 1 aromatic carbocycles. The van der Waals surface area contributed by atoms with Gasteiger partial charge in [0.05, 0.1) is 0 Å². The van der Waals surface area contributed by atoms with Crippen molar-refractivity contribution in [2.45, 2.75) is 19.3 Å². The van der Waals surface area contributed by atoms with Gasteiger partial charge >= 0.3 is 0 Å². The topological polar surface area (TPSA) is 29.3 Å². The van der Waals surface area contributed by atoms with Crippen molar-refractivity contribution in [2.24, 2.45) is 5.73 Å². The van der Waals surface area contributed by atoms with E-state index in [0.717, 1.165) is 19.6 Å². The molecule has 0 aliphatic carbocycles. The molecule has 0 radical (unpaired) electrons. The molecule has 0 saturated carbocycles. The van der Waals surface area contributed by atoms with E-state index in [1.807, 2.05) is 6.07 Å². The molecule has 1 unspecified atom stereocenters. The van der Waals surface area contributed by atoms with Crippen molar-refractivity contribution < 1.29 is 0 Å². The van der Waals surface area contributed by atoms with Gasteiger partial charge in [0, 0.05) is 19.0 Å². The Morgan fingerprint density at radius 3 is 2.47 bits per heavy atom. The molecule has 84 valence electrons. The summed E-state index contributed by atoms with van der Waals surface area (Å²) in [5.74, 6) is 0.461. The van der Waals surface area contributed by atoms with Crippen LogP contribution >= 0.6 is 0 Å². The number of nitrogens with two attached hydrogens (primary N) is 1. The van der Waals surface area contributed by atoms with Crippen molar-refractivity contribution in [3.05, 3.63) is 35.9 Å². The summed E-state index contributed by atoms with van der Waals surface area (Å²) in [5, 5.41) is 0. The van der Waals surface area contributed by atoms with Crippen LogP contribution in [0.2, 0.25) is 0 Å². The largest absolute Gasteiger partial charge is 0.330 e. The molecule has 0 aromatic heterocycles. The third-order valence-corrected chi connectivity index (χ3v) is 2.69. The summed E-state index contributed by atoms with van der Waals surface area (Å²) in [6, 6.07) is 10.5. The second kappa shape index (κ2) is 6.59. The van der Waals surface area contributed by atoms with Gasteiger partial charge < -0.3 is 10.6 Å². The molecule has 0 aliphatic rings. The molecule has 0 bridgehead atoms. The Balaban J connectivity index is 2.56. The second-order valence-corrected chi connectivity index (χ2v) is 4.11. The number of nitrogens with zero attached hydrogens (tertiary/aromatic N) is 1. The van der Waals surface area contributed by atoms with Crippen molar-refractivity contribution in [3.8, 4) is 0 Å². The average molecular weight is 206 g/mol. The number of benzene rings is 1. The maximum Gasteiger partial charge on any atom is 0.00887 e. The lowest BCUT2D eigenvalue weighted by atomic mass is 9.99. The van der Waals surface area contributed by atoms with E-state index in [-0.39, 0.29) is 0 Å². The van der Waals surface area contributed by atoms with E-state index in [1.165, 1.54) is 12.0 Å². The predicted octanol–water partition coefficient (Wildman–Crippen LogP) is 2.07. The molecule has 0 saturated heterocycles. The monoisotopic (exact) mass is 206 g/mol. The highest BCUT2D eigenvalue weighted by molar-refractivity contribution is 5.20. The van der Waals surface area contributed by atoms with Gasteiger partial charge in [0.25, 0.3) is 0 Å². The lowest BCUT2D eigenvalue weighted by Gasteiger charge is -2.22. The molecule has 1 aromatic rings. The van der Waals surface area contributed by atoms with Gasteiger partial charge in [0.1, 0.15) is 0 Å². The first-order valence-electron chi connectivity index (χ1n) is 5.71. The lowest BCUT2D eigenvalue weighted by Crippen LogP contribution is -2.29. The highest BCUT2D eigenvalue weighted by atomic mass is 15.1. The van der Waals surface area contributed by atoms with Crippen LogP contribution in [-0.4, -0.2) is 31.6 Å². The molecule has 0 amide bonds. The zero-order chi connectivity index (χ0) is 11.1. The van der Waals surface area contributed by atoms with Crippen LogP contribution in [0.25, 0.3) is 0 Å². The van der Waals surface area contributed by atoms with Crippen LogP contribution in [0.1, 0.15) is 24.8 Å². The van der Waals surface area contributed by atoms with Crippen LogP contribution < -0.4 is 5.73 Å². The van der Waals surface area contributed by atoms with E-state index in [9.17, 15) is 0 Å². The van der Waals surface area contributed by atoms with Crippen molar-refractivity contribution >= 4 is 0 Å². The molecule has 2 nitrogen and oxygen atoms in total. The van der Waals surface area contributed by atoms with Crippen LogP contribution in [0, 0.1) is 0 Å². The fourth-order valence-corrected chi connectivity index (χ4v) is 1.89. The van der Waals surface area contributed by atoms with Gasteiger partial charge in [0.2, 0.25) is 0 Å². The molecule has 1 atom stereocenters. The lowest BCUT2D eigenvalue weighted by molar-refractivity contribution is 0.313. The van der Waals surface area contributed by atoms with E-state index in [4.69, 9.17) is 5.73 Å². The summed E-state index contributed by atoms with van der Waals surface area (Å²) >= 11 is 0. The van der Waals surface area contributed by atoms with Crippen LogP contribution in [0.4, 0.5) is 0 Å². The summed E-state index contributed by atoms with van der Waals surface area (Å²) in [6.45, 7) is 5.12. The molecule has 0 fully saturated rings. The van der Waals surface area contributed by atoms with Crippen LogP contribution in [-0.2, 0) is 0 Å². The number of hydrogen-bond acceptors (Lipinski definition) is 2. The Labute approximate surface area is 93.1 Å². The molecule has 0 heterocycles. The first-order valence-corrected chi connectivity index (χ1v) is 5.71. The maximum atomic E-state index is 5.82. The molecular formula is C13H22N2. The maximum absolute atomic E-state index is 5.82. The van der Waals surface area contributed by atoms with Gasteiger partial charge in [-0.1, -0.05) is 37.3 Å². The van der Waals surface area contributed by atoms with Crippen LogP contribution in [0.5, 0.6) is 0 Å². The highest BCUT2D eigenvalue weighted by Gasteiger charge is 2.11. The van der Waals surface area contributed by atoms with Crippen molar-refractivity contribution in [2.75, 3.05) is 26.7 Å². The standard InChI is InChI=1S/C13H22N2/c1-3-9-15(2)11-13(10-14)12-7-5-4-6-8-12/h4-8,13H,3,9-11,14H2,1-2H3. The summed E-state index contributed by atoms with van der Waals surface area (Å²) < 4.78 is 0. The minimum Gasteiger partial charge on any atom is -0.330 e. The number of likely N-dealkylation sites (N-methyl/N-ethyl adjacent to an activating group) is 1. The fraction of sp³-hybridized carbons (Fsp3) is 0.538. The first-order chi connectivity index (χ1) is 7.27. The second-order valence-electron chi connectivity index (χ2n) is 4.11. The van der Waals surface area contributed by atoms with Gasteiger partial charge in [-0.15, -0.1) is 0 Å². The van der Waals surface area contributed by atoms with Gasteiger partial charge in [-0.25, -0.2) is 0 Å². The summed E-state index contributed by atoms with van der Waals surface area (Å²) in [5.41, 5.74) is 7.17. The first kappa shape index (κ1) is 12.2. The van der Waals surface area contributed by atoms with E-state index in [1.54, 1.807) is 0 Å². The summed E-state index contributed by atoms with van der Waals surface area (Å²) in [7, 11) is 2.16. The Morgan fingerprint density at radius 2 is 1.93 bits per heavy atom. The molecule has 15 heavy (non-hydrogen) atoms. The summed E-state index contributed by atoms with van der Waals surface area (Å²) in [4.78, 5) is 2.35. The average Bonchev–Trinajstić information content (AvgIpc) is 2.27. The zero-order valence-electron chi connectivity index (χ0n) is 9.82. The molecular weight excluding hydrogens is 184 g/mol. The number of hydrogen-bond donors (Lipinski definition) is 1. The highest BCUT2D eigenvalue weighted by Crippen LogP contribution is 2.14. The van der Waals surface area contributed by atoms with Crippen molar-refractivity contribution in [3.63, 3.8) is 0 Å². The third-order valence-electron chi connectivity index (χ3n) is 2.69. The van der Waals surface area contributed by atoms with Gasteiger partial charge in [-0.05, 0) is 25.6 Å². The van der Waals surface area contributed by atoms with E-state index < -0.39 is 0 Å². The zero-order valence-corrected chi connectivity index (χ0v) is 9.82. The van der Waals surface area contributed by atoms with Crippen LogP contribution in [0.3, 0.4) is 0 Å². The summed E-state index contributed by atoms with van der Waals surface area (Å²) in [6.07, 6.45) is 1.20. The Bertz CT molecular complexity index is 258. The Kier molecular flexibility index (Phi) is 5.37. The van der Waals surface area contributed by atoms with Crippen molar-refractivity contribution in [1.82, 2.24) is 4.90 Å². The minimum atomic E-state index is 0.461. The quantitative estimate of drug-likeness (QED) is 0.772. The molecule has 2 heteroatoms. The Hall–Kier alpha value is -0.860. The SMILES string of the molecule is CCCN(C)CC(CN)c1ccccc1. The minimum absolute atomic E-state index is 0.461. The molecule has 0 spiro atoms. The van der Waals surface area contributed by atoms with Gasteiger partial charge in [-0.3, -0.25) is 0 Å². The predicted molar refractivity (Wildman–Crippen MR) is 66.0 cm³/mol. The Morgan fingerprint density at radius 1 is 1.27 bits per heavy atom. The number of rotatable bonds is 6. The van der Waals surface area contributed by atoms with E-state index >= 15 is 0 Å². The van der Waals surface area contributed by atoms with E-state index in [2.05, 4.69) is 43.1 Å². The van der Waals surface area contributed by atoms with Crippen LogP contribution in [0.15, 0.2) is 30.3 Å². The third kappa shape index (κ3) is 4.02. The van der Waals surface area contributed by atoms with Crippen molar-refractivity contribution in [1.29, 1.82) is 0 Å². The van der Waals surface area contributed by atoms with Gasteiger partial charge in [-0.2, -0.15) is 0 Å². The molecule has 0 aliphatic heterocycles. The normalized spacial score (nSPS) is 13.1.